The molecule has 14 heteroatoms. The van der Waals surface area contributed by atoms with Crippen molar-refractivity contribution in [3.8, 4) is 11.1 Å². The fourth-order valence-electron chi connectivity index (χ4n) is 4.07. The molecular weight excluding hydrogens is 648 g/mol. The lowest BCUT2D eigenvalue weighted by Crippen LogP contribution is -2.29. The second-order valence-corrected chi connectivity index (χ2v) is 11.6. The normalized spacial score (nSPS) is 11.7. The number of nitrogens with zero attached hydrogens (tertiary/aromatic N) is 5. The van der Waals surface area contributed by atoms with Gasteiger partial charge in [-0.3, -0.25) is 9.78 Å². The topological polar surface area (TPSA) is 112 Å². The van der Waals surface area contributed by atoms with Crippen molar-refractivity contribution >= 4 is 49.5 Å². The van der Waals surface area contributed by atoms with Crippen LogP contribution in [-0.4, -0.2) is 49.2 Å². The molecule has 2 aromatic carbocycles. The SMILES string of the molecule is O=C(NCCS(=O)(=O)c1cn(Cc2ccc(-c3cnn(I)c3)cc2F)c2cc(F)cc(F)c12)c1cnccn1. The number of amides is 1. The highest BCUT2D eigenvalue weighted by Gasteiger charge is 2.25. The van der Waals surface area contributed by atoms with Crippen molar-refractivity contribution in [1.29, 1.82) is 0 Å². The maximum Gasteiger partial charge on any atom is 0.271 e. The Bertz CT molecular complexity index is 1810. The van der Waals surface area contributed by atoms with Crippen LogP contribution in [0.3, 0.4) is 0 Å². The summed E-state index contributed by atoms with van der Waals surface area (Å²) in [5.74, 6) is -3.76. The summed E-state index contributed by atoms with van der Waals surface area (Å²) < 4.78 is 73.3. The van der Waals surface area contributed by atoms with E-state index in [0.29, 0.717) is 17.2 Å². The second-order valence-electron chi connectivity index (χ2n) is 8.49. The molecule has 39 heavy (non-hydrogen) atoms. The Morgan fingerprint density at radius 2 is 1.82 bits per heavy atom. The quantitative estimate of drug-likeness (QED) is 0.249. The monoisotopic (exact) mass is 666 g/mol. The molecule has 3 aromatic heterocycles. The molecule has 0 aliphatic heterocycles. The van der Waals surface area contributed by atoms with Gasteiger partial charge in [-0.15, -0.1) is 0 Å². The fraction of sp³-hybridized carbons (Fsp3) is 0.120. The lowest BCUT2D eigenvalue weighted by molar-refractivity contribution is 0.0950. The Kier molecular flexibility index (Phi) is 7.40. The van der Waals surface area contributed by atoms with Crippen molar-refractivity contribution in [2.24, 2.45) is 0 Å². The molecule has 0 bridgehead atoms. The Morgan fingerprint density at radius 1 is 1.00 bits per heavy atom. The first-order chi connectivity index (χ1) is 18.6. The van der Waals surface area contributed by atoms with E-state index in [1.807, 2.05) is 22.9 Å². The van der Waals surface area contributed by atoms with Gasteiger partial charge >= 0.3 is 0 Å². The summed E-state index contributed by atoms with van der Waals surface area (Å²) >= 11 is 1.97. The van der Waals surface area contributed by atoms with E-state index in [0.717, 1.165) is 12.3 Å². The molecule has 0 unspecified atom stereocenters. The lowest BCUT2D eigenvalue weighted by atomic mass is 10.1. The van der Waals surface area contributed by atoms with Crippen molar-refractivity contribution in [3.63, 3.8) is 0 Å². The third-order valence-electron chi connectivity index (χ3n) is 5.93. The minimum atomic E-state index is -4.16. The molecule has 5 rings (SSSR count). The Morgan fingerprint density at radius 3 is 2.51 bits per heavy atom. The molecule has 1 N–H and O–H groups in total. The lowest BCUT2D eigenvalue weighted by Gasteiger charge is -2.08. The van der Waals surface area contributed by atoms with Gasteiger partial charge in [0.25, 0.3) is 5.91 Å². The first kappa shape index (κ1) is 26.8. The molecule has 0 saturated carbocycles. The summed E-state index contributed by atoms with van der Waals surface area (Å²) in [5, 5.41) is 6.17. The molecule has 0 fully saturated rings. The number of hydrogen-bond acceptors (Lipinski definition) is 6. The number of nitrogens with one attached hydrogen (secondary N) is 1. The van der Waals surface area contributed by atoms with Gasteiger partial charge in [0.05, 0.1) is 63.4 Å². The standard InChI is InChI=1S/C25H18F3IN6O3S/c26-18-8-20(28)24-22(9-18)34(12-16-2-1-15(7-19(16)27)17-10-33-35(29)13-17)14-23(24)39(37,38)6-5-32-25(36)21-11-30-3-4-31-21/h1-4,7-11,13-14H,5-6,12H2,(H,32,36). The number of carbonyl (C=O) groups excluding carboxylic acids is 1. The summed E-state index contributed by atoms with van der Waals surface area (Å²) in [6.45, 7) is -0.479. The molecule has 200 valence electrons. The zero-order chi connectivity index (χ0) is 27.7. The molecule has 0 aliphatic rings. The molecule has 0 atom stereocenters. The van der Waals surface area contributed by atoms with Crippen molar-refractivity contribution in [2.45, 2.75) is 11.4 Å². The van der Waals surface area contributed by atoms with E-state index < -0.39 is 43.8 Å². The van der Waals surface area contributed by atoms with Crippen LogP contribution in [0.25, 0.3) is 22.0 Å². The Balaban J connectivity index is 1.44. The minimum absolute atomic E-state index is 0.00388. The van der Waals surface area contributed by atoms with E-state index in [1.54, 1.807) is 21.4 Å². The Labute approximate surface area is 234 Å². The Hall–Kier alpha value is -3.79. The molecule has 0 aliphatic carbocycles. The van der Waals surface area contributed by atoms with Gasteiger partial charge in [0.15, 0.2) is 9.84 Å². The van der Waals surface area contributed by atoms with Gasteiger partial charge in [-0.2, -0.15) is 5.10 Å². The largest absolute Gasteiger partial charge is 0.350 e. The molecule has 9 nitrogen and oxygen atoms in total. The van der Waals surface area contributed by atoms with Gasteiger partial charge < -0.3 is 9.88 Å². The number of halogens is 4. The van der Waals surface area contributed by atoms with E-state index >= 15 is 4.39 Å². The van der Waals surface area contributed by atoms with Crippen LogP contribution in [0.15, 0.2) is 72.4 Å². The average molecular weight is 666 g/mol. The fourth-order valence-corrected chi connectivity index (χ4v) is 5.89. The van der Waals surface area contributed by atoms with Crippen molar-refractivity contribution < 1.29 is 26.4 Å². The summed E-state index contributed by atoms with van der Waals surface area (Å²) in [6.07, 6.45) is 8.38. The van der Waals surface area contributed by atoms with Crippen LogP contribution in [0.2, 0.25) is 0 Å². The van der Waals surface area contributed by atoms with Gasteiger partial charge in [0.1, 0.15) is 23.1 Å². The zero-order valence-electron chi connectivity index (χ0n) is 19.9. The number of rotatable bonds is 8. The van der Waals surface area contributed by atoms with Crippen LogP contribution in [0, 0.1) is 17.5 Å². The maximum atomic E-state index is 15.1. The molecule has 0 saturated heterocycles. The number of carbonyl (C=O) groups is 1. The third kappa shape index (κ3) is 5.66. The number of hydrogen-bond donors (Lipinski definition) is 1. The highest BCUT2D eigenvalue weighted by molar-refractivity contribution is 14.1. The van der Waals surface area contributed by atoms with E-state index in [4.69, 9.17) is 0 Å². The predicted molar refractivity (Wildman–Crippen MR) is 144 cm³/mol. The molecule has 0 spiro atoms. The molecule has 5 aromatic rings. The summed E-state index contributed by atoms with van der Waals surface area (Å²) in [7, 11) is -4.16. The number of sulfone groups is 1. The van der Waals surface area contributed by atoms with Gasteiger partial charge in [0, 0.05) is 48.5 Å². The number of fused-ring (bicyclic) bond motifs is 1. The predicted octanol–water partition coefficient (Wildman–Crippen LogP) is 4.16. The van der Waals surface area contributed by atoms with Crippen LogP contribution in [0.5, 0.6) is 0 Å². The van der Waals surface area contributed by atoms with Crippen LogP contribution in [0.4, 0.5) is 13.2 Å². The summed E-state index contributed by atoms with van der Waals surface area (Å²) in [5.41, 5.74) is 1.42. The average Bonchev–Trinajstić information content (AvgIpc) is 3.50. The van der Waals surface area contributed by atoms with E-state index in [9.17, 15) is 22.0 Å². The summed E-state index contributed by atoms with van der Waals surface area (Å²) in [4.78, 5) is 19.4. The smallest absolute Gasteiger partial charge is 0.271 e. The second kappa shape index (κ2) is 10.8. The number of benzene rings is 2. The first-order valence-corrected chi connectivity index (χ1v) is 14.0. The molecular formula is C25H18F3IN6O3S. The van der Waals surface area contributed by atoms with Gasteiger partial charge in [0.2, 0.25) is 0 Å². The van der Waals surface area contributed by atoms with E-state index in [2.05, 4.69) is 20.4 Å². The zero-order valence-corrected chi connectivity index (χ0v) is 22.8. The molecule has 1 amide bonds. The van der Waals surface area contributed by atoms with E-state index in [-0.39, 0.29) is 35.2 Å². The van der Waals surface area contributed by atoms with Crippen LogP contribution >= 0.6 is 22.9 Å². The van der Waals surface area contributed by atoms with Crippen molar-refractivity contribution in [2.75, 3.05) is 12.3 Å². The van der Waals surface area contributed by atoms with Crippen molar-refractivity contribution in [1.82, 2.24) is 27.8 Å². The molecule has 0 radical (unpaired) electrons. The molecule has 3 heterocycles. The first-order valence-electron chi connectivity index (χ1n) is 11.4. The third-order valence-corrected chi connectivity index (χ3v) is 8.18. The van der Waals surface area contributed by atoms with Gasteiger partial charge in [-0.05, 0) is 17.7 Å². The van der Waals surface area contributed by atoms with Crippen LogP contribution in [0.1, 0.15) is 16.1 Å². The number of aromatic nitrogens is 5. The highest BCUT2D eigenvalue weighted by Crippen LogP contribution is 2.31. The maximum absolute atomic E-state index is 15.1. The van der Waals surface area contributed by atoms with Crippen molar-refractivity contribution in [3.05, 3.63) is 96.2 Å². The van der Waals surface area contributed by atoms with Gasteiger partial charge in [-0.25, -0.2) is 29.5 Å². The van der Waals surface area contributed by atoms with Crippen LogP contribution < -0.4 is 5.32 Å². The highest BCUT2D eigenvalue weighted by atomic mass is 127. The minimum Gasteiger partial charge on any atom is -0.350 e. The summed E-state index contributed by atoms with van der Waals surface area (Å²) in [6, 6.07) is 6.09. The van der Waals surface area contributed by atoms with E-state index in [1.165, 1.54) is 35.3 Å². The van der Waals surface area contributed by atoms with Crippen LogP contribution in [-0.2, 0) is 16.4 Å². The van der Waals surface area contributed by atoms with Gasteiger partial charge in [-0.1, -0.05) is 12.1 Å².